The van der Waals surface area contributed by atoms with Gasteiger partial charge < -0.3 is 10.4 Å². The molecule has 1 unspecified atom stereocenters. The van der Waals surface area contributed by atoms with E-state index in [4.69, 9.17) is 11.6 Å². The third-order valence-electron chi connectivity index (χ3n) is 3.96. The van der Waals surface area contributed by atoms with E-state index in [0.717, 1.165) is 13.8 Å². The summed E-state index contributed by atoms with van der Waals surface area (Å²) in [6.45, 7) is 3.31. The molecule has 0 heterocycles. The highest BCUT2D eigenvalue weighted by Gasteiger charge is 2.49. The van der Waals surface area contributed by atoms with Crippen LogP contribution in [0.3, 0.4) is 0 Å². The van der Waals surface area contributed by atoms with E-state index in [1.807, 2.05) is 0 Å². The molecule has 8 heteroatoms. The van der Waals surface area contributed by atoms with Crippen LogP contribution < -0.4 is 5.32 Å². The standard InChI is InChI=1S/C16H19ClF3NO3/c1-4-15(13(23)24,10-5-7-11(17)8-6-10)21-12(22)9-14(2,3)16(18,19)20/h5-8H,4,9H2,1-3H3,(H,21,22)(H,23,24). The Hall–Kier alpha value is -1.76. The first-order chi connectivity index (χ1) is 10.9. The molecule has 0 aliphatic heterocycles. The molecule has 134 valence electrons. The van der Waals surface area contributed by atoms with Crippen LogP contribution >= 0.6 is 11.6 Å². The van der Waals surface area contributed by atoms with E-state index >= 15 is 0 Å². The van der Waals surface area contributed by atoms with Gasteiger partial charge in [0.1, 0.15) is 0 Å². The largest absolute Gasteiger partial charge is 0.479 e. The normalized spacial score (nSPS) is 14.8. The monoisotopic (exact) mass is 365 g/mol. The number of nitrogens with one attached hydrogen (secondary N) is 1. The molecule has 1 amide bonds. The second-order valence-corrected chi connectivity index (χ2v) is 6.61. The highest BCUT2D eigenvalue weighted by atomic mass is 35.5. The highest BCUT2D eigenvalue weighted by molar-refractivity contribution is 6.30. The zero-order valence-corrected chi connectivity index (χ0v) is 14.3. The molecule has 0 saturated heterocycles. The van der Waals surface area contributed by atoms with E-state index < -0.39 is 35.4 Å². The molecule has 4 nitrogen and oxygen atoms in total. The van der Waals surface area contributed by atoms with Gasteiger partial charge in [0.25, 0.3) is 0 Å². The zero-order valence-electron chi connectivity index (χ0n) is 13.5. The van der Waals surface area contributed by atoms with E-state index in [2.05, 4.69) is 5.32 Å². The average Bonchev–Trinajstić information content (AvgIpc) is 2.43. The molecule has 24 heavy (non-hydrogen) atoms. The van der Waals surface area contributed by atoms with Crippen molar-refractivity contribution in [2.75, 3.05) is 0 Å². The zero-order chi connectivity index (χ0) is 18.8. The van der Waals surface area contributed by atoms with Crippen LogP contribution in [0.1, 0.15) is 39.2 Å². The van der Waals surface area contributed by atoms with E-state index in [1.54, 1.807) is 0 Å². The molecular weight excluding hydrogens is 347 g/mol. The van der Waals surface area contributed by atoms with Crippen molar-refractivity contribution in [1.82, 2.24) is 5.32 Å². The smallest absolute Gasteiger partial charge is 0.394 e. The lowest BCUT2D eigenvalue weighted by atomic mass is 9.84. The van der Waals surface area contributed by atoms with E-state index in [0.29, 0.717) is 5.02 Å². The van der Waals surface area contributed by atoms with Gasteiger partial charge in [0.05, 0.1) is 5.41 Å². The molecule has 0 aromatic heterocycles. The summed E-state index contributed by atoms with van der Waals surface area (Å²) < 4.78 is 38.8. The van der Waals surface area contributed by atoms with Crippen LogP contribution in [0.15, 0.2) is 24.3 Å². The van der Waals surface area contributed by atoms with E-state index in [1.165, 1.54) is 31.2 Å². The topological polar surface area (TPSA) is 66.4 Å². The van der Waals surface area contributed by atoms with Gasteiger partial charge in [0.2, 0.25) is 5.91 Å². The van der Waals surface area contributed by atoms with Crippen LogP contribution in [0, 0.1) is 5.41 Å². The van der Waals surface area contributed by atoms with Crippen molar-refractivity contribution in [2.24, 2.45) is 5.41 Å². The molecule has 1 atom stereocenters. The Balaban J connectivity index is 3.14. The van der Waals surface area contributed by atoms with Crippen LogP contribution in [0.5, 0.6) is 0 Å². The van der Waals surface area contributed by atoms with E-state index in [9.17, 15) is 27.9 Å². The second kappa shape index (κ2) is 7.01. The van der Waals surface area contributed by atoms with Gasteiger partial charge in [-0.25, -0.2) is 4.79 Å². The third kappa shape index (κ3) is 4.20. The Morgan fingerprint density at radius 3 is 2.04 bits per heavy atom. The summed E-state index contributed by atoms with van der Waals surface area (Å²) in [4.78, 5) is 23.9. The van der Waals surface area contributed by atoms with Crippen LogP contribution in [-0.2, 0) is 15.1 Å². The Morgan fingerprint density at radius 2 is 1.67 bits per heavy atom. The van der Waals surface area contributed by atoms with Crippen molar-refractivity contribution < 1.29 is 27.9 Å². The summed E-state index contributed by atoms with van der Waals surface area (Å²) in [5.41, 5.74) is -3.85. The van der Waals surface area contributed by atoms with Crippen LogP contribution in [-0.4, -0.2) is 23.2 Å². The highest BCUT2D eigenvalue weighted by Crippen LogP contribution is 2.40. The number of carboxylic acids is 1. The molecule has 0 aliphatic rings. The Morgan fingerprint density at radius 1 is 1.17 bits per heavy atom. The van der Waals surface area contributed by atoms with Gasteiger partial charge >= 0.3 is 12.1 Å². The lowest BCUT2D eigenvalue weighted by Gasteiger charge is -2.33. The first-order valence-corrected chi connectivity index (χ1v) is 7.60. The van der Waals surface area contributed by atoms with E-state index in [-0.39, 0.29) is 12.0 Å². The van der Waals surface area contributed by atoms with Crippen molar-refractivity contribution >= 4 is 23.5 Å². The molecule has 0 saturated carbocycles. The Bertz CT molecular complexity index is 614. The van der Waals surface area contributed by atoms with Crippen LogP contribution in [0.4, 0.5) is 13.2 Å². The second-order valence-electron chi connectivity index (χ2n) is 6.18. The van der Waals surface area contributed by atoms with Crippen molar-refractivity contribution in [3.8, 4) is 0 Å². The van der Waals surface area contributed by atoms with Gasteiger partial charge in [-0.15, -0.1) is 0 Å². The minimum Gasteiger partial charge on any atom is -0.479 e. The molecule has 1 aromatic carbocycles. The molecule has 0 bridgehead atoms. The summed E-state index contributed by atoms with van der Waals surface area (Å²) in [6.07, 6.45) is -5.50. The fourth-order valence-corrected chi connectivity index (χ4v) is 2.34. The molecule has 0 aliphatic carbocycles. The summed E-state index contributed by atoms with van der Waals surface area (Å²) in [5.74, 6) is -2.35. The lowest BCUT2D eigenvalue weighted by molar-refractivity contribution is -0.214. The van der Waals surface area contributed by atoms with Crippen LogP contribution in [0.2, 0.25) is 5.02 Å². The van der Waals surface area contributed by atoms with Crippen molar-refractivity contribution in [3.63, 3.8) is 0 Å². The minimum atomic E-state index is -4.58. The lowest BCUT2D eigenvalue weighted by Crippen LogP contribution is -2.53. The van der Waals surface area contributed by atoms with Crippen LogP contribution in [0.25, 0.3) is 0 Å². The third-order valence-corrected chi connectivity index (χ3v) is 4.21. The van der Waals surface area contributed by atoms with Gasteiger partial charge in [0, 0.05) is 11.4 Å². The Kier molecular flexibility index (Phi) is 5.92. The van der Waals surface area contributed by atoms with Gasteiger partial charge in [-0.2, -0.15) is 13.2 Å². The molecule has 0 fully saturated rings. The Labute approximate surface area is 143 Å². The quantitative estimate of drug-likeness (QED) is 0.796. The maximum atomic E-state index is 12.9. The van der Waals surface area contributed by atoms with Gasteiger partial charge in [-0.1, -0.05) is 44.5 Å². The number of rotatable bonds is 6. The SMILES string of the molecule is CCC(NC(=O)CC(C)(C)C(F)(F)F)(C(=O)O)c1ccc(Cl)cc1. The molecular formula is C16H19ClF3NO3. The first kappa shape index (κ1) is 20.3. The number of carbonyl (C=O) groups is 2. The summed E-state index contributed by atoms with van der Waals surface area (Å²) >= 11 is 5.77. The average molecular weight is 366 g/mol. The molecule has 1 aromatic rings. The number of amides is 1. The predicted molar refractivity (Wildman–Crippen MR) is 83.7 cm³/mol. The number of hydrogen-bond acceptors (Lipinski definition) is 2. The van der Waals surface area contributed by atoms with Crippen molar-refractivity contribution in [2.45, 2.75) is 45.3 Å². The molecule has 0 radical (unpaired) electrons. The first-order valence-electron chi connectivity index (χ1n) is 7.23. The fraction of sp³-hybridized carbons (Fsp3) is 0.500. The van der Waals surface area contributed by atoms with Gasteiger partial charge in [0.15, 0.2) is 5.54 Å². The number of carbonyl (C=O) groups excluding carboxylic acids is 1. The fourth-order valence-electron chi connectivity index (χ4n) is 2.21. The number of alkyl halides is 3. The molecule has 0 spiro atoms. The van der Waals surface area contributed by atoms with Gasteiger partial charge in [-0.3, -0.25) is 4.79 Å². The number of carboxylic acid groups (broad SMARTS) is 1. The van der Waals surface area contributed by atoms with Crippen molar-refractivity contribution in [3.05, 3.63) is 34.9 Å². The summed E-state index contributed by atoms with van der Waals surface area (Å²) in [7, 11) is 0. The number of aliphatic carboxylic acids is 1. The maximum absolute atomic E-state index is 12.9. The number of benzene rings is 1. The minimum absolute atomic E-state index is 0.0395. The van der Waals surface area contributed by atoms with Gasteiger partial charge in [-0.05, 0) is 24.1 Å². The molecule has 1 rings (SSSR count). The summed E-state index contributed by atoms with van der Waals surface area (Å²) in [6, 6.07) is 5.76. The predicted octanol–water partition coefficient (Wildman–Crippen LogP) is 4.12. The summed E-state index contributed by atoms with van der Waals surface area (Å²) in [5, 5.41) is 12.2. The number of halogens is 4. The number of hydrogen-bond donors (Lipinski definition) is 2. The molecule has 2 N–H and O–H groups in total. The van der Waals surface area contributed by atoms with Crippen molar-refractivity contribution in [1.29, 1.82) is 0 Å². The maximum Gasteiger partial charge on any atom is 0.394 e.